The van der Waals surface area contributed by atoms with E-state index in [4.69, 9.17) is 21.4 Å². The molecule has 106 valence electrons. The molecule has 0 aromatic heterocycles. The number of carbonyl (C=O) groups excluding carboxylic acids is 2. The number of carbonyl (C=O) groups is 3. The number of rotatable bonds is 4. The van der Waals surface area contributed by atoms with Gasteiger partial charge in [0.15, 0.2) is 5.75 Å². The monoisotopic (exact) mass is 298 g/mol. The van der Waals surface area contributed by atoms with E-state index in [2.05, 4.69) is 5.32 Å². The predicted octanol–water partition coefficient (Wildman–Crippen LogP) is 0.266. The summed E-state index contributed by atoms with van der Waals surface area (Å²) in [6, 6.07) is 4.69. The lowest BCUT2D eigenvalue weighted by molar-refractivity contribution is -0.138. The standard InChI is InChI=1S/C12H11ClN2O5/c13-7-1-2-9-8(3-7)15(6-12(19)20-9)5-10(16)14-4-11(17)18/h1-3H,4-6H2,(H,14,16)(H,17,18). The first-order valence-corrected chi connectivity index (χ1v) is 6.07. The van der Waals surface area contributed by atoms with Gasteiger partial charge in [-0.3, -0.25) is 9.59 Å². The second kappa shape index (κ2) is 5.79. The summed E-state index contributed by atoms with van der Waals surface area (Å²) >= 11 is 5.87. The maximum absolute atomic E-state index is 11.6. The molecule has 0 fully saturated rings. The first-order valence-electron chi connectivity index (χ1n) is 5.69. The van der Waals surface area contributed by atoms with Crippen molar-refractivity contribution in [3.05, 3.63) is 23.2 Å². The van der Waals surface area contributed by atoms with Gasteiger partial charge >= 0.3 is 11.9 Å². The Balaban J connectivity index is 2.12. The van der Waals surface area contributed by atoms with Gasteiger partial charge in [0.1, 0.15) is 13.1 Å². The van der Waals surface area contributed by atoms with Crippen LogP contribution in [0.4, 0.5) is 5.69 Å². The van der Waals surface area contributed by atoms with Crippen molar-refractivity contribution < 1.29 is 24.2 Å². The lowest BCUT2D eigenvalue weighted by Gasteiger charge is -2.29. The Kier molecular flexibility index (Phi) is 4.09. The van der Waals surface area contributed by atoms with Crippen LogP contribution in [-0.4, -0.2) is 42.6 Å². The van der Waals surface area contributed by atoms with Crippen LogP contribution in [0.1, 0.15) is 0 Å². The molecule has 0 saturated heterocycles. The summed E-state index contributed by atoms with van der Waals surface area (Å²) in [7, 11) is 0. The number of carboxylic acids is 1. The third kappa shape index (κ3) is 3.39. The highest BCUT2D eigenvalue weighted by Crippen LogP contribution is 2.34. The summed E-state index contributed by atoms with van der Waals surface area (Å²) in [5.41, 5.74) is 0.516. The minimum Gasteiger partial charge on any atom is -0.480 e. The molecule has 7 nitrogen and oxygen atoms in total. The van der Waals surface area contributed by atoms with Crippen LogP contribution in [0.2, 0.25) is 5.02 Å². The molecule has 0 spiro atoms. The smallest absolute Gasteiger partial charge is 0.331 e. The molecule has 0 bridgehead atoms. The lowest BCUT2D eigenvalue weighted by atomic mass is 10.2. The van der Waals surface area contributed by atoms with E-state index in [1.165, 1.54) is 11.0 Å². The Hall–Kier alpha value is -2.28. The number of anilines is 1. The van der Waals surface area contributed by atoms with Crippen molar-refractivity contribution >= 4 is 35.1 Å². The zero-order valence-corrected chi connectivity index (χ0v) is 11.0. The molecular formula is C12H11ClN2O5. The van der Waals surface area contributed by atoms with Gasteiger partial charge in [0.25, 0.3) is 0 Å². The topological polar surface area (TPSA) is 95.9 Å². The Morgan fingerprint density at radius 1 is 1.45 bits per heavy atom. The van der Waals surface area contributed by atoms with E-state index in [1.807, 2.05) is 0 Å². The van der Waals surface area contributed by atoms with Crippen LogP contribution >= 0.6 is 11.6 Å². The third-order valence-corrected chi connectivity index (χ3v) is 2.81. The average Bonchev–Trinajstić information content (AvgIpc) is 2.37. The van der Waals surface area contributed by atoms with Crippen molar-refractivity contribution in [2.24, 2.45) is 0 Å². The molecule has 1 aliphatic rings. The number of fused-ring (bicyclic) bond motifs is 1. The van der Waals surface area contributed by atoms with Gasteiger partial charge < -0.3 is 20.1 Å². The molecule has 0 unspecified atom stereocenters. The number of aliphatic carboxylic acids is 1. The largest absolute Gasteiger partial charge is 0.480 e. The number of hydrogen-bond donors (Lipinski definition) is 2. The number of esters is 1. The van der Waals surface area contributed by atoms with E-state index >= 15 is 0 Å². The highest BCUT2D eigenvalue weighted by atomic mass is 35.5. The molecule has 2 rings (SSSR count). The number of benzene rings is 1. The summed E-state index contributed by atoms with van der Waals surface area (Å²) < 4.78 is 5.03. The van der Waals surface area contributed by atoms with E-state index < -0.39 is 24.4 Å². The molecule has 2 N–H and O–H groups in total. The van der Waals surface area contributed by atoms with Crippen LogP contribution in [0, 0.1) is 0 Å². The molecule has 1 aromatic carbocycles. The number of nitrogens with zero attached hydrogens (tertiary/aromatic N) is 1. The van der Waals surface area contributed by atoms with E-state index in [-0.39, 0.29) is 13.1 Å². The molecule has 20 heavy (non-hydrogen) atoms. The third-order valence-electron chi connectivity index (χ3n) is 2.58. The molecule has 0 radical (unpaired) electrons. The van der Waals surface area contributed by atoms with Gasteiger partial charge in [-0.25, -0.2) is 4.79 Å². The van der Waals surface area contributed by atoms with Crippen molar-refractivity contribution in [3.63, 3.8) is 0 Å². The van der Waals surface area contributed by atoms with Gasteiger partial charge in [0.05, 0.1) is 12.2 Å². The van der Waals surface area contributed by atoms with Crippen LogP contribution in [0.25, 0.3) is 0 Å². The van der Waals surface area contributed by atoms with E-state index in [0.717, 1.165) is 0 Å². The average molecular weight is 299 g/mol. The zero-order valence-electron chi connectivity index (χ0n) is 10.3. The lowest BCUT2D eigenvalue weighted by Crippen LogP contribution is -2.44. The van der Waals surface area contributed by atoms with Crippen molar-refractivity contribution in [2.45, 2.75) is 0 Å². The van der Waals surface area contributed by atoms with Crippen molar-refractivity contribution in [1.29, 1.82) is 0 Å². The highest BCUT2D eigenvalue weighted by Gasteiger charge is 2.25. The second-order valence-electron chi connectivity index (χ2n) is 4.11. The zero-order chi connectivity index (χ0) is 14.7. The van der Waals surface area contributed by atoms with Crippen LogP contribution < -0.4 is 15.0 Å². The van der Waals surface area contributed by atoms with Gasteiger partial charge in [0, 0.05) is 5.02 Å². The molecule has 0 atom stereocenters. The van der Waals surface area contributed by atoms with E-state index in [9.17, 15) is 14.4 Å². The number of halogens is 1. The molecule has 1 heterocycles. The van der Waals surface area contributed by atoms with Gasteiger partial charge in [-0.2, -0.15) is 0 Å². The fraction of sp³-hybridized carbons (Fsp3) is 0.250. The number of nitrogens with one attached hydrogen (secondary N) is 1. The summed E-state index contributed by atoms with van der Waals surface area (Å²) in [6.07, 6.45) is 0. The summed E-state index contributed by atoms with van der Waals surface area (Å²) in [4.78, 5) is 34.9. The van der Waals surface area contributed by atoms with Crippen LogP contribution in [0.15, 0.2) is 18.2 Å². The summed E-state index contributed by atoms with van der Waals surface area (Å²) in [5.74, 6) is -1.82. The normalized spacial score (nSPS) is 13.4. The van der Waals surface area contributed by atoms with Gasteiger partial charge in [-0.1, -0.05) is 11.6 Å². The van der Waals surface area contributed by atoms with Crippen molar-refractivity contribution in [2.75, 3.05) is 24.5 Å². The Labute approximate surface area is 119 Å². The molecule has 0 saturated carbocycles. The Morgan fingerprint density at radius 3 is 2.90 bits per heavy atom. The molecule has 1 aliphatic heterocycles. The minimum absolute atomic E-state index is 0.103. The summed E-state index contributed by atoms with van der Waals surface area (Å²) in [6.45, 7) is -0.733. The van der Waals surface area contributed by atoms with Crippen LogP contribution in [0.3, 0.4) is 0 Å². The molecule has 1 aromatic rings. The second-order valence-corrected chi connectivity index (χ2v) is 4.55. The highest BCUT2D eigenvalue weighted by molar-refractivity contribution is 6.31. The number of amides is 1. The number of carboxylic acid groups (broad SMARTS) is 1. The SMILES string of the molecule is O=C(O)CNC(=O)CN1CC(=O)Oc2ccc(Cl)cc21. The quantitative estimate of drug-likeness (QED) is 0.612. The first kappa shape index (κ1) is 14.1. The molecule has 1 amide bonds. The fourth-order valence-electron chi connectivity index (χ4n) is 1.76. The van der Waals surface area contributed by atoms with Crippen molar-refractivity contribution in [1.82, 2.24) is 5.32 Å². The summed E-state index contributed by atoms with van der Waals surface area (Å²) in [5, 5.41) is 11.2. The van der Waals surface area contributed by atoms with Crippen LogP contribution in [0.5, 0.6) is 5.75 Å². The number of ether oxygens (including phenoxy) is 1. The van der Waals surface area contributed by atoms with E-state index in [0.29, 0.717) is 16.5 Å². The number of hydrogen-bond acceptors (Lipinski definition) is 5. The van der Waals surface area contributed by atoms with E-state index in [1.54, 1.807) is 12.1 Å². The molecular weight excluding hydrogens is 288 g/mol. The maximum Gasteiger partial charge on any atom is 0.331 e. The van der Waals surface area contributed by atoms with Gasteiger partial charge in [-0.05, 0) is 18.2 Å². The maximum atomic E-state index is 11.6. The van der Waals surface area contributed by atoms with Gasteiger partial charge in [-0.15, -0.1) is 0 Å². The fourth-order valence-corrected chi connectivity index (χ4v) is 1.93. The van der Waals surface area contributed by atoms with Gasteiger partial charge in [0.2, 0.25) is 5.91 Å². The first-order chi connectivity index (χ1) is 9.45. The predicted molar refractivity (Wildman–Crippen MR) is 69.9 cm³/mol. The van der Waals surface area contributed by atoms with Crippen LogP contribution in [-0.2, 0) is 14.4 Å². The van der Waals surface area contributed by atoms with Crippen molar-refractivity contribution in [3.8, 4) is 5.75 Å². The Bertz CT molecular complexity index is 575. The Morgan fingerprint density at radius 2 is 2.20 bits per heavy atom. The molecule has 0 aliphatic carbocycles. The minimum atomic E-state index is -1.14. The molecule has 8 heteroatoms.